The van der Waals surface area contributed by atoms with Crippen LogP contribution in [0.2, 0.25) is 0 Å². The third-order valence-corrected chi connectivity index (χ3v) is 2.84. The van der Waals surface area contributed by atoms with Gasteiger partial charge < -0.3 is 20.7 Å². The molecule has 3 N–H and O–H groups in total. The second-order valence-electron chi connectivity index (χ2n) is 5.18. The van der Waals surface area contributed by atoms with Gasteiger partial charge >= 0.3 is 0 Å². The van der Waals surface area contributed by atoms with E-state index in [9.17, 15) is 4.79 Å². The van der Waals surface area contributed by atoms with Crippen molar-refractivity contribution in [3.05, 3.63) is 18.2 Å². The molecule has 20 heavy (non-hydrogen) atoms. The van der Waals surface area contributed by atoms with Gasteiger partial charge in [0.15, 0.2) is 0 Å². The third-order valence-electron chi connectivity index (χ3n) is 2.84. The molecule has 0 atom stereocenters. The number of nitrogens with zero attached hydrogens (tertiary/aromatic N) is 1. The van der Waals surface area contributed by atoms with Gasteiger partial charge in [-0.1, -0.05) is 19.9 Å². The molecule has 0 aromatic heterocycles. The van der Waals surface area contributed by atoms with Crippen molar-refractivity contribution in [1.82, 2.24) is 5.32 Å². The zero-order chi connectivity index (χ0) is 15.1. The van der Waals surface area contributed by atoms with Crippen molar-refractivity contribution in [2.75, 3.05) is 37.4 Å². The molecule has 0 aliphatic heterocycles. The summed E-state index contributed by atoms with van der Waals surface area (Å²) in [6.07, 6.45) is 0. The fourth-order valence-corrected chi connectivity index (χ4v) is 1.82. The largest absolute Gasteiger partial charge is 0.492 e. The Hall–Kier alpha value is -1.91. The van der Waals surface area contributed by atoms with Crippen molar-refractivity contribution in [3.63, 3.8) is 0 Å². The van der Waals surface area contributed by atoms with Gasteiger partial charge in [0.2, 0.25) is 5.91 Å². The monoisotopic (exact) mass is 279 g/mol. The summed E-state index contributed by atoms with van der Waals surface area (Å²) >= 11 is 0. The highest BCUT2D eigenvalue weighted by Gasteiger charge is 2.12. The highest BCUT2D eigenvalue weighted by atomic mass is 16.5. The average Bonchev–Trinajstić information content (AvgIpc) is 2.39. The minimum atomic E-state index is -0.0117. The zero-order valence-corrected chi connectivity index (χ0v) is 12.8. The normalized spacial score (nSPS) is 10.4. The van der Waals surface area contributed by atoms with Gasteiger partial charge in [0.05, 0.1) is 24.5 Å². The van der Waals surface area contributed by atoms with Crippen molar-refractivity contribution in [2.45, 2.75) is 20.8 Å². The Bertz CT molecular complexity index is 447. The highest BCUT2D eigenvalue weighted by molar-refractivity contribution is 5.84. The lowest BCUT2D eigenvalue weighted by Gasteiger charge is -2.22. The van der Waals surface area contributed by atoms with Gasteiger partial charge in [-0.05, 0) is 25.0 Å². The van der Waals surface area contributed by atoms with E-state index >= 15 is 0 Å². The van der Waals surface area contributed by atoms with Crippen LogP contribution in [-0.2, 0) is 4.79 Å². The summed E-state index contributed by atoms with van der Waals surface area (Å²) in [5.41, 5.74) is 7.43. The molecule has 0 saturated carbocycles. The summed E-state index contributed by atoms with van der Waals surface area (Å²) in [7, 11) is 1.84. The first-order chi connectivity index (χ1) is 9.45. The Morgan fingerprint density at radius 2 is 2.15 bits per heavy atom. The molecule has 0 radical (unpaired) electrons. The van der Waals surface area contributed by atoms with Gasteiger partial charge in [-0.3, -0.25) is 4.79 Å². The molecule has 0 bridgehead atoms. The second kappa shape index (κ2) is 7.62. The lowest BCUT2D eigenvalue weighted by Crippen LogP contribution is -2.37. The number of para-hydroxylation sites is 1. The van der Waals surface area contributed by atoms with Crippen molar-refractivity contribution >= 4 is 17.3 Å². The van der Waals surface area contributed by atoms with E-state index < -0.39 is 0 Å². The molecular formula is C15H25N3O2. The summed E-state index contributed by atoms with van der Waals surface area (Å²) in [5, 5.41) is 2.89. The van der Waals surface area contributed by atoms with Crippen molar-refractivity contribution < 1.29 is 9.53 Å². The van der Waals surface area contributed by atoms with E-state index in [1.807, 2.05) is 37.1 Å². The first-order valence-corrected chi connectivity index (χ1v) is 6.94. The van der Waals surface area contributed by atoms with Crippen LogP contribution in [0, 0.1) is 5.92 Å². The van der Waals surface area contributed by atoms with Crippen molar-refractivity contribution in [1.29, 1.82) is 0 Å². The number of hydrogen-bond donors (Lipinski definition) is 2. The first kappa shape index (κ1) is 16.1. The Morgan fingerprint density at radius 1 is 1.45 bits per heavy atom. The molecule has 1 amide bonds. The minimum absolute atomic E-state index is 0.0117. The van der Waals surface area contributed by atoms with Crippen LogP contribution in [0.5, 0.6) is 5.75 Å². The SMILES string of the molecule is CCOc1cccc(N(C)CC(=O)NCC(C)C)c1N. The summed E-state index contributed by atoms with van der Waals surface area (Å²) < 4.78 is 5.46. The van der Waals surface area contributed by atoms with Gasteiger partial charge in [0.25, 0.3) is 0 Å². The quantitative estimate of drug-likeness (QED) is 0.748. The number of carbonyl (C=O) groups excluding carboxylic acids is 1. The van der Waals surface area contributed by atoms with Crippen molar-refractivity contribution in [3.8, 4) is 5.75 Å². The molecule has 1 aromatic rings. The molecule has 0 fully saturated rings. The highest BCUT2D eigenvalue weighted by Crippen LogP contribution is 2.31. The molecule has 5 heteroatoms. The smallest absolute Gasteiger partial charge is 0.239 e. The van der Waals surface area contributed by atoms with Gasteiger partial charge in [0, 0.05) is 13.6 Å². The van der Waals surface area contributed by atoms with Crippen LogP contribution < -0.4 is 20.7 Å². The molecule has 112 valence electrons. The van der Waals surface area contributed by atoms with E-state index in [0.717, 1.165) is 5.69 Å². The van der Waals surface area contributed by atoms with E-state index in [4.69, 9.17) is 10.5 Å². The Kier molecular flexibility index (Phi) is 6.15. The number of likely N-dealkylation sites (N-methyl/N-ethyl adjacent to an activating group) is 1. The Balaban J connectivity index is 2.69. The number of rotatable bonds is 7. The van der Waals surface area contributed by atoms with Crippen LogP contribution in [0.3, 0.4) is 0 Å². The predicted molar refractivity (Wildman–Crippen MR) is 83.1 cm³/mol. The number of nitrogens with one attached hydrogen (secondary N) is 1. The maximum Gasteiger partial charge on any atom is 0.239 e. The molecule has 0 aliphatic rings. The van der Waals surface area contributed by atoms with Crippen LogP contribution in [0.4, 0.5) is 11.4 Å². The summed E-state index contributed by atoms with van der Waals surface area (Å²) in [5.74, 6) is 1.08. The molecule has 0 spiro atoms. The summed E-state index contributed by atoms with van der Waals surface area (Å²) in [6, 6.07) is 5.59. The van der Waals surface area contributed by atoms with Crippen LogP contribution in [0.15, 0.2) is 18.2 Å². The summed E-state index contributed by atoms with van der Waals surface area (Å²) in [4.78, 5) is 13.7. The number of nitrogens with two attached hydrogens (primary N) is 1. The minimum Gasteiger partial charge on any atom is -0.492 e. The van der Waals surface area contributed by atoms with Crippen LogP contribution in [0.25, 0.3) is 0 Å². The molecule has 5 nitrogen and oxygen atoms in total. The molecule has 0 heterocycles. The van der Waals surface area contributed by atoms with Gasteiger partial charge in [-0.25, -0.2) is 0 Å². The fourth-order valence-electron chi connectivity index (χ4n) is 1.82. The topological polar surface area (TPSA) is 67.6 Å². The van der Waals surface area contributed by atoms with Gasteiger partial charge in [-0.15, -0.1) is 0 Å². The van der Waals surface area contributed by atoms with E-state index in [1.54, 1.807) is 0 Å². The predicted octanol–water partition coefficient (Wildman–Crippen LogP) is 1.88. The number of ether oxygens (including phenoxy) is 1. The van der Waals surface area contributed by atoms with E-state index in [0.29, 0.717) is 30.5 Å². The number of amides is 1. The molecular weight excluding hydrogens is 254 g/mol. The number of anilines is 2. The molecule has 1 aromatic carbocycles. The standard InChI is InChI=1S/C15H25N3O2/c1-5-20-13-8-6-7-12(15(13)16)18(4)10-14(19)17-9-11(2)3/h6-8,11H,5,9-10,16H2,1-4H3,(H,17,19). The maximum atomic E-state index is 11.8. The zero-order valence-electron chi connectivity index (χ0n) is 12.8. The van der Waals surface area contributed by atoms with Crippen molar-refractivity contribution in [2.24, 2.45) is 5.92 Å². The van der Waals surface area contributed by atoms with Gasteiger partial charge in [-0.2, -0.15) is 0 Å². The molecule has 1 rings (SSSR count). The third kappa shape index (κ3) is 4.64. The molecule has 0 aliphatic carbocycles. The number of nitrogen functional groups attached to an aromatic ring is 1. The lowest BCUT2D eigenvalue weighted by molar-refractivity contribution is -0.119. The van der Waals surface area contributed by atoms with Crippen LogP contribution >= 0.6 is 0 Å². The fraction of sp³-hybridized carbons (Fsp3) is 0.533. The van der Waals surface area contributed by atoms with E-state index in [2.05, 4.69) is 19.2 Å². The van der Waals surface area contributed by atoms with Crippen LogP contribution in [-0.4, -0.2) is 32.7 Å². The maximum absolute atomic E-state index is 11.8. The number of carbonyl (C=O) groups is 1. The van der Waals surface area contributed by atoms with E-state index in [1.165, 1.54) is 0 Å². The Morgan fingerprint density at radius 3 is 2.75 bits per heavy atom. The lowest BCUT2D eigenvalue weighted by atomic mass is 10.2. The average molecular weight is 279 g/mol. The van der Waals surface area contributed by atoms with Crippen LogP contribution in [0.1, 0.15) is 20.8 Å². The number of hydrogen-bond acceptors (Lipinski definition) is 4. The van der Waals surface area contributed by atoms with Gasteiger partial charge in [0.1, 0.15) is 5.75 Å². The Labute approximate surface area is 121 Å². The summed E-state index contributed by atoms with van der Waals surface area (Å²) in [6.45, 7) is 7.55. The second-order valence-corrected chi connectivity index (χ2v) is 5.18. The molecule has 0 saturated heterocycles. The van der Waals surface area contributed by atoms with E-state index in [-0.39, 0.29) is 12.5 Å². The molecule has 0 unspecified atom stereocenters. The number of benzene rings is 1. The first-order valence-electron chi connectivity index (χ1n) is 6.94.